The minimum Gasteiger partial charge on any atom is -0.444 e. The first kappa shape index (κ1) is 28.8. The predicted molar refractivity (Wildman–Crippen MR) is 149 cm³/mol. The fraction of sp³-hybridized carbons (Fsp3) is 0.452. The maximum absolute atomic E-state index is 14.2. The number of rotatable bonds is 9. The SMILES string of the molecule is C#Cc1ccc(C(C(=O)Nc2ccccc2C)N(C(=O)C(NC(=O)OC(C)(C)C)C(C)CC)C2CC2)cc1. The number of amides is 3. The molecule has 38 heavy (non-hydrogen) atoms. The van der Waals surface area contributed by atoms with Crippen LogP contribution in [-0.4, -0.2) is 40.5 Å². The van der Waals surface area contributed by atoms with Crippen LogP contribution in [0.25, 0.3) is 0 Å². The van der Waals surface area contributed by atoms with E-state index in [2.05, 4.69) is 16.6 Å². The second kappa shape index (κ2) is 12.2. The van der Waals surface area contributed by atoms with Gasteiger partial charge < -0.3 is 20.3 Å². The summed E-state index contributed by atoms with van der Waals surface area (Å²) >= 11 is 0. The third-order valence-corrected chi connectivity index (χ3v) is 6.67. The quantitative estimate of drug-likeness (QED) is 0.425. The molecule has 0 bridgehead atoms. The Bertz CT molecular complexity index is 1190. The number of alkyl carbamates (subject to hydrolysis) is 1. The van der Waals surface area contributed by atoms with Crippen LogP contribution in [0, 0.1) is 25.2 Å². The number of carbonyl (C=O) groups excluding carboxylic acids is 3. The summed E-state index contributed by atoms with van der Waals surface area (Å²) in [5.41, 5.74) is 2.21. The monoisotopic (exact) mass is 517 g/mol. The van der Waals surface area contributed by atoms with Gasteiger partial charge in [0.2, 0.25) is 5.91 Å². The smallest absolute Gasteiger partial charge is 0.408 e. The van der Waals surface area contributed by atoms with Gasteiger partial charge in [-0.3, -0.25) is 9.59 Å². The van der Waals surface area contributed by atoms with Gasteiger partial charge in [0.15, 0.2) is 0 Å². The molecule has 1 fully saturated rings. The lowest BCUT2D eigenvalue weighted by molar-refractivity contribution is -0.142. The molecule has 1 aliphatic carbocycles. The summed E-state index contributed by atoms with van der Waals surface area (Å²) < 4.78 is 5.46. The number of benzene rings is 2. The van der Waals surface area contributed by atoms with Gasteiger partial charge in [-0.05, 0) is 75.8 Å². The Kier molecular flexibility index (Phi) is 9.22. The summed E-state index contributed by atoms with van der Waals surface area (Å²) in [6.07, 6.45) is 7.11. The Morgan fingerprint density at radius 2 is 1.74 bits per heavy atom. The Hall–Kier alpha value is -3.79. The number of carbonyl (C=O) groups is 3. The van der Waals surface area contributed by atoms with Crippen LogP contribution in [0.1, 0.15) is 76.6 Å². The minimum absolute atomic E-state index is 0.116. The standard InChI is InChI=1S/C31H39N3O4/c1-8-20(3)26(33-30(37)38-31(5,6)7)29(36)34(24-18-19-24)27(23-16-14-22(9-2)15-17-23)28(35)32-25-13-11-10-12-21(25)4/h2,10-17,20,24,26-27H,8,18-19H2,1,3-7H3,(H,32,35)(H,33,37). The van der Waals surface area contributed by atoms with E-state index in [-0.39, 0.29) is 23.8 Å². The van der Waals surface area contributed by atoms with Crippen LogP contribution in [0.15, 0.2) is 48.5 Å². The van der Waals surface area contributed by atoms with Gasteiger partial charge in [-0.15, -0.1) is 6.42 Å². The summed E-state index contributed by atoms with van der Waals surface area (Å²) in [4.78, 5) is 42.5. The lowest BCUT2D eigenvalue weighted by Crippen LogP contribution is -2.55. The fourth-order valence-corrected chi connectivity index (χ4v) is 4.26. The molecule has 2 N–H and O–H groups in total. The molecule has 0 aliphatic heterocycles. The van der Waals surface area contributed by atoms with Crippen LogP contribution in [-0.2, 0) is 14.3 Å². The second-order valence-corrected chi connectivity index (χ2v) is 11.0. The predicted octanol–water partition coefficient (Wildman–Crippen LogP) is 5.59. The van der Waals surface area contributed by atoms with Crippen LogP contribution in [0.2, 0.25) is 0 Å². The maximum atomic E-state index is 14.2. The van der Waals surface area contributed by atoms with Gasteiger partial charge in [-0.2, -0.15) is 0 Å². The molecule has 1 saturated carbocycles. The molecule has 0 spiro atoms. The summed E-state index contributed by atoms with van der Waals surface area (Å²) in [5.74, 6) is 1.78. The molecule has 3 amide bonds. The Morgan fingerprint density at radius 1 is 1.11 bits per heavy atom. The molecule has 3 rings (SSSR count). The topological polar surface area (TPSA) is 87.7 Å². The molecule has 2 aromatic rings. The number of ether oxygens (including phenoxy) is 1. The van der Waals surface area contributed by atoms with Crippen molar-refractivity contribution in [2.75, 3.05) is 5.32 Å². The Morgan fingerprint density at radius 3 is 2.26 bits per heavy atom. The van der Waals surface area contributed by atoms with E-state index in [0.29, 0.717) is 23.2 Å². The summed E-state index contributed by atoms with van der Waals surface area (Å²) in [7, 11) is 0. The van der Waals surface area contributed by atoms with Crippen molar-refractivity contribution in [2.24, 2.45) is 5.92 Å². The average Bonchev–Trinajstić information content (AvgIpc) is 3.70. The number of nitrogens with one attached hydrogen (secondary N) is 2. The number of terminal acetylenes is 1. The number of nitrogens with zero attached hydrogens (tertiary/aromatic N) is 1. The van der Waals surface area contributed by atoms with E-state index in [1.165, 1.54) is 0 Å². The fourth-order valence-electron chi connectivity index (χ4n) is 4.26. The van der Waals surface area contributed by atoms with Crippen molar-refractivity contribution < 1.29 is 19.1 Å². The molecule has 0 saturated heterocycles. The van der Waals surface area contributed by atoms with Crippen molar-refractivity contribution in [3.63, 3.8) is 0 Å². The highest BCUT2D eigenvalue weighted by Crippen LogP contribution is 2.37. The molecular formula is C31H39N3O4. The van der Waals surface area contributed by atoms with E-state index in [1.54, 1.807) is 49.9 Å². The Labute approximate surface area is 226 Å². The van der Waals surface area contributed by atoms with E-state index in [0.717, 1.165) is 18.4 Å². The lowest BCUT2D eigenvalue weighted by atomic mass is 9.95. The highest BCUT2D eigenvalue weighted by molar-refractivity contribution is 5.99. The van der Waals surface area contributed by atoms with Crippen molar-refractivity contribution >= 4 is 23.6 Å². The normalized spacial score (nSPS) is 15.4. The third kappa shape index (κ3) is 7.38. The van der Waals surface area contributed by atoms with Crippen molar-refractivity contribution in [1.82, 2.24) is 10.2 Å². The summed E-state index contributed by atoms with van der Waals surface area (Å²) in [6.45, 7) is 11.1. The number of anilines is 1. The number of hydrogen-bond donors (Lipinski definition) is 2. The van der Waals surface area contributed by atoms with Crippen molar-refractivity contribution in [3.8, 4) is 12.3 Å². The molecule has 3 atom stereocenters. The Balaban J connectivity index is 2.02. The first-order chi connectivity index (χ1) is 17.9. The first-order valence-electron chi connectivity index (χ1n) is 13.2. The molecular weight excluding hydrogens is 478 g/mol. The minimum atomic E-state index is -0.909. The van der Waals surface area contributed by atoms with Crippen molar-refractivity contribution in [3.05, 3.63) is 65.2 Å². The molecule has 1 aliphatic rings. The van der Waals surface area contributed by atoms with Crippen LogP contribution in [0.4, 0.5) is 10.5 Å². The molecule has 0 heterocycles. The number of hydrogen-bond acceptors (Lipinski definition) is 4. The van der Waals surface area contributed by atoms with Crippen LogP contribution >= 0.6 is 0 Å². The average molecular weight is 518 g/mol. The van der Waals surface area contributed by atoms with Gasteiger partial charge in [0, 0.05) is 17.3 Å². The first-order valence-corrected chi connectivity index (χ1v) is 13.2. The van der Waals surface area contributed by atoms with E-state index in [9.17, 15) is 14.4 Å². The molecule has 202 valence electrons. The third-order valence-electron chi connectivity index (χ3n) is 6.67. The highest BCUT2D eigenvalue weighted by Gasteiger charge is 2.45. The number of aryl methyl sites for hydroxylation is 1. The molecule has 0 radical (unpaired) electrons. The maximum Gasteiger partial charge on any atom is 0.408 e. The van der Waals surface area contributed by atoms with E-state index >= 15 is 0 Å². The van der Waals surface area contributed by atoms with Gasteiger partial charge in [0.25, 0.3) is 5.91 Å². The van der Waals surface area contributed by atoms with Crippen LogP contribution in [0.5, 0.6) is 0 Å². The van der Waals surface area contributed by atoms with E-state index < -0.39 is 23.8 Å². The van der Waals surface area contributed by atoms with E-state index in [4.69, 9.17) is 11.2 Å². The van der Waals surface area contributed by atoms with Gasteiger partial charge in [-0.1, -0.05) is 56.5 Å². The zero-order valence-electron chi connectivity index (χ0n) is 23.2. The van der Waals surface area contributed by atoms with Gasteiger partial charge in [-0.25, -0.2) is 4.79 Å². The zero-order chi connectivity index (χ0) is 28.0. The van der Waals surface area contributed by atoms with Crippen molar-refractivity contribution in [1.29, 1.82) is 0 Å². The van der Waals surface area contributed by atoms with Gasteiger partial charge in [0.1, 0.15) is 17.7 Å². The highest BCUT2D eigenvalue weighted by atomic mass is 16.6. The van der Waals surface area contributed by atoms with Gasteiger partial charge >= 0.3 is 6.09 Å². The molecule has 7 nitrogen and oxygen atoms in total. The van der Waals surface area contributed by atoms with Crippen LogP contribution in [0.3, 0.4) is 0 Å². The molecule has 0 aromatic heterocycles. The van der Waals surface area contributed by atoms with Gasteiger partial charge in [0.05, 0.1) is 0 Å². The number of para-hydroxylation sites is 1. The van der Waals surface area contributed by atoms with E-state index in [1.807, 2.05) is 45.0 Å². The lowest BCUT2D eigenvalue weighted by Gasteiger charge is -2.36. The van der Waals surface area contributed by atoms with Crippen LogP contribution < -0.4 is 10.6 Å². The largest absolute Gasteiger partial charge is 0.444 e. The summed E-state index contributed by atoms with van der Waals surface area (Å²) in [6, 6.07) is 12.7. The van der Waals surface area contributed by atoms with Crippen molar-refractivity contribution in [2.45, 2.75) is 84.5 Å². The molecule has 2 aromatic carbocycles. The second-order valence-electron chi connectivity index (χ2n) is 11.0. The summed E-state index contributed by atoms with van der Waals surface area (Å²) in [5, 5.41) is 5.82. The zero-order valence-corrected chi connectivity index (χ0v) is 23.2. The molecule has 7 heteroatoms. The molecule has 3 unspecified atom stereocenters.